The van der Waals surface area contributed by atoms with Crippen LogP contribution in [0.3, 0.4) is 0 Å². The molecule has 20 heavy (non-hydrogen) atoms. The summed E-state index contributed by atoms with van der Waals surface area (Å²) in [5.74, 6) is 0. The highest BCUT2D eigenvalue weighted by atomic mass is 28.3. The van der Waals surface area contributed by atoms with E-state index in [1.54, 1.807) is 0 Å². The second-order valence-electron chi connectivity index (χ2n) is 8.12. The Kier molecular flexibility index (Phi) is 5.98. The summed E-state index contributed by atoms with van der Waals surface area (Å²) in [5, 5.41) is 0. The quantitative estimate of drug-likeness (QED) is 0.508. The van der Waals surface area contributed by atoms with Crippen LogP contribution in [0, 0.1) is 0 Å². The van der Waals surface area contributed by atoms with E-state index < -0.39 is 16.1 Å². The van der Waals surface area contributed by atoms with Crippen LogP contribution < -0.4 is 0 Å². The van der Waals surface area contributed by atoms with Crippen LogP contribution in [0.2, 0.25) is 39.3 Å². The SMILES string of the molecule is C=CC(c1ccccc1)N(C[Si](C)(C)C)C[Si](C)(C)C. The molecule has 1 aromatic rings. The lowest BCUT2D eigenvalue weighted by Crippen LogP contribution is -2.48. The van der Waals surface area contributed by atoms with Gasteiger partial charge in [-0.1, -0.05) is 75.7 Å². The number of benzene rings is 1. The van der Waals surface area contributed by atoms with E-state index >= 15 is 0 Å². The topological polar surface area (TPSA) is 3.24 Å². The number of hydrogen-bond donors (Lipinski definition) is 0. The minimum absolute atomic E-state index is 0.356. The first-order valence-corrected chi connectivity index (χ1v) is 15.0. The first-order chi connectivity index (χ1) is 9.12. The molecule has 0 aliphatic heterocycles. The van der Waals surface area contributed by atoms with E-state index in [-0.39, 0.29) is 0 Å². The normalized spacial score (nSPS) is 14.3. The van der Waals surface area contributed by atoms with Gasteiger partial charge < -0.3 is 0 Å². The molecule has 0 saturated carbocycles. The zero-order chi connectivity index (χ0) is 15.4. The van der Waals surface area contributed by atoms with Crippen LogP contribution in [0.25, 0.3) is 0 Å². The van der Waals surface area contributed by atoms with Gasteiger partial charge in [0.1, 0.15) is 0 Å². The molecule has 0 aliphatic rings. The molecule has 112 valence electrons. The van der Waals surface area contributed by atoms with Crippen molar-refractivity contribution >= 4 is 16.1 Å². The van der Waals surface area contributed by atoms with E-state index in [1.165, 1.54) is 17.9 Å². The molecule has 0 amide bonds. The fourth-order valence-electron chi connectivity index (χ4n) is 2.62. The Morgan fingerprint density at radius 3 is 1.75 bits per heavy atom. The highest BCUT2D eigenvalue weighted by Gasteiger charge is 2.28. The van der Waals surface area contributed by atoms with E-state index in [4.69, 9.17) is 0 Å². The molecule has 0 radical (unpaired) electrons. The number of nitrogens with zero attached hydrogens (tertiary/aromatic N) is 1. The first kappa shape index (κ1) is 17.4. The summed E-state index contributed by atoms with van der Waals surface area (Å²) in [5.41, 5.74) is 1.37. The molecule has 1 unspecified atom stereocenters. The highest BCUT2D eigenvalue weighted by Crippen LogP contribution is 2.25. The Bertz CT molecular complexity index is 399. The van der Waals surface area contributed by atoms with Crippen molar-refractivity contribution in [2.24, 2.45) is 0 Å². The predicted octanol–water partition coefficient (Wildman–Crippen LogP) is 4.97. The molecule has 0 bridgehead atoms. The van der Waals surface area contributed by atoms with Crippen molar-refractivity contribution in [3.8, 4) is 0 Å². The third-order valence-electron chi connectivity index (χ3n) is 3.11. The number of rotatable bonds is 7. The van der Waals surface area contributed by atoms with Crippen LogP contribution in [0.4, 0.5) is 0 Å². The van der Waals surface area contributed by atoms with Gasteiger partial charge in [-0.15, -0.1) is 6.58 Å². The van der Waals surface area contributed by atoms with E-state index in [0.717, 1.165) is 0 Å². The molecular formula is C17H31NSi2. The van der Waals surface area contributed by atoms with E-state index in [9.17, 15) is 0 Å². The van der Waals surface area contributed by atoms with Gasteiger partial charge in [0.2, 0.25) is 0 Å². The predicted molar refractivity (Wildman–Crippen MR) is 97.6 cm³/mol. The van der Waals surface area contributed by atoms with Crippen LogP contribution in [0.1, 0.15) is 11.6 Å². The maximum absolute atomic E-state index is 4.11. The van der Waals surface area contributed by atoms with Crippen LogP contribution in [-0.2, 0) is 0 Å². The maximum atomic E-state index is 4.11. The van der Waals surface area contributed by atoms with Crippen LogP contribution in [0.15, 0.2) is 43.0 Å². The minimum atomic E-state index is -1.13. The zero-order valence-corrected chi connectivity index (χ0v) is 16.1. The Balaban J connectivity index is 3.03. The van der Waals surface area contributed by atoms with Crippen molar-refractivity contribution in [1.82, 2.24) is 4.90 Å². The smallest absolute Gasteiger partial charge is 0.0599 e. The van der Waals surface area contributed by atoms with Crippen molar-refractivity contribution in [2.75, 3.05) is 12.3 Å². The Hall–Kier alpha value is -0.646. The maximum Gasteiger partial charge on any atom is 0.0599 e. The molecule has 0 spiro atoms. The van der Waals surface area contributed by atoms with Crippen LogP contribution >= 0.6 is 0 Å². The van der Waals surface area contributed by atoms with Crippen molar-refractivity contribution < 1.29 is 0 Å². The van der Waals surface area contributed by atoms with Gasteiger partial charge in [0, 0.05) is 0 Å². The molecule has 3 heteroatoms. The third kappa shape index (κ3) is 6.20. The standard InChI is InChI=1S/C17H31NSi2/c1-8-17(16-12-10-9-11-13-16)18(14-19(2,3)4)15-20(5,6)7/h8-13,17H,1,14-15H2,2-7H3. The van der Waals surface area contributed by atoms with E-state index in [0.29, 0.717) is 6.04 Å². The summed E-state index contributed by atoms with van der Waals surface area (Å²) in [6, 6.07) is 11.2. The van der Waals surface area contributed by atoms with Gasteiger partial charge in [-0.25, -0.2) is 0 Å². The Morgan fingerprint density at radius 1 is 0.950 bits per heavy atom. The van der Waals surface area contributed by atoms with Gasteiger partial charge >= 0.3 is 0 Å². The molecule has 1 atom stereocenters. The molecule has 0 heterocycles. The highest BCUT2D eigenvalue weighted by molar-refractivity contribution is 6.77. The lowest BCUT2D eigenvalue weighted by molar-refractivity contribution is 0.304. The summed E-state index contributed by atoms with van der Waals surface area (Å²) in [4.78, 5) is 2.68. The van der Waals surface area contributed by atoms with Crippen molar-refractivity contribution in [1.29, 1.82) is 0 Å². The molecule has 1 rings (SSSR count). The van der Waals surface area contributed by atoms with Gasteiger partial charge in [0.15, 0.2) is 0 Å². The lowest BCUT2D eigenvalue weighted by Gasteiger charge is -2.38. The molecule has 1 aromatic carbocycles. The summed E-state index contributed by atoms with van der Waals surface area (Å²) in [6.07, 6.45) is 4.60. The van der Waals surface area contributed by atoms with E-state index in [1.807, 2.05) is 0 Å². The van der Waals surface area contributed by atoms with Gasteiger partial charge in [-0.05, 0) is 17.9 Å². The van der Waals surface area contributed by atoms with Crippen molar-refractivity contribution in [2.45, 2.75) is 45.3 Å². The first-order valence-electron chi connectivity index (χ1n) is 7.54. The number of hydrogen-bond acceptors (Lipinski definition) is 1. The summed E-state index contributed by atoms with van der Waals surface area (Å²) in [6.45, 7) is 18.8. The monoisotopic (exact) mass is 305 g/mol. The minimum Gasteiger partial charge on any atom is -0.299 e. The molecule has 1 nitrogen and oxygen atoms in total. The molecule has 0 N–H and O–H groups in total. The fourth-order valence-corrected chi connectivity index (χ4v) is 5.90. The largest absolute Gasteiger partial charge is 0.299 e. The average molecular weight is 306 g/mol. The average Bonchev–Trinajstić information content (AvgIpc) is 2.26. The van der Waals surface area contributed by atoms with Crippen molar-refractivity contribution in [3.05, 3.63) is 48.6 Å². The molecule has 0 aliphatic carbocycles. The molecule has 0 aromatic heterocycles. The van der Waals surface area contributed by atoms with Gasteiger partial charge in [-0.2, -0.15) is 0 Å². The summed E-state index contributed by atoms with van der Waals surface area (Å²) in [7, 11) is -2.26. The zero-order valence-electron chi connectivity index (χ0n) is 14.1. The second-order valence-corrected chi connectivity index (χ2v) is 19.0. The Labute approximate surface area is 127 Å². The van der Waals surface area contributed by atoms with Gasteiger partial charge in [0.05, 0.1) is 22.2 Å². The fraction of sp³-hybridized carbons (Fsp3) is 0.529. The van der Waals surface area contributed by atoms with E-state index in [2.05, 4.69) is 87.2 Å². The third-order valence-corrected chi connectivity index (χ3v) is 5.82. The van der Waals surface area contributed by atoms with Gasteiger partial charge in [-0.3, -0.25) is 4.90 Å². The summed E-state index contributed by atoms with van der Waals surface area (Å²) < 4.78 is 0. The molecular weight excluding hydrogens is 274 g/mol. The molecule has 0 saturated heterocycles. The van der Waals surface area contributed by atoms with Crippen LogP contribution in [0.5, 0.6) is 0 Å². The van der Waals surface area contributed by atoms with Crippen LogP contribution in [-0.4, -0.2) is 33.4 Å². The summed E-state index contributed by atoms with van der Waals surface area (Å²) >= 11 is 0. The lowest BCUT2D eigenvalue weighted by atomic mass is 10.1. The molecule has 0 fully saturated rings. The van der Waals surface area contributed by atoms with Crippen molar-refractivity contribution in [3.63, 3.8) is 0 Å². The Morgan fingerprint density at radius 2 is 1.40 bits per heavy atom. The van der Waals surface area contributed by atoms with Gasteiger partial charge in [0.25, 0.3) is 0 Å². The second kappa shape index (κ2) is 6.88.